The van der Waals surface area contributed by atoms with Crippen molar-refractivity contribution >= 4 is 33.6 Å². The summed E-state index contributed by atoms with van der Waals surface area (Å²) in [5.41, 5.74) is -0.792. The zero-order valence-corrected chi connectivity index (χ0v) is 24.1. The monoisotopic (exact) mass is 551 g/mol. The van der Waals surface area contributed by atoms with Gasteiger partial charge in [0, 0.05) is 4.90 Å². The molecule has 0 spiro atoms. The van der Waals surface area contributed by atoms with Crippen LogP contribution in [-0.4, -0.2) is 58.1 Å². The summed E-state index contributed by atoms with van der Waals surface area (Å²) in [5.74, 6) is -3.62. The van der Waals surface area contributed by atoms with Gasteiger partial charge in [0.25, 0.3) is 5.91 Å². The second-order valence-corrected chi connectivity index (χ2v) is 12.5. The molecule has 1 rings (SSSR count). The van der Waals surface area contributed by atoms with E-state index in [4.69, 9.17) is 9.47 Å². The first-order chi connectivity index (χ1) is 17.6. The quantitative estimate of drug-likeness (QED) is 0.297. The Balaban J connectivity index is 3.38. The number of carbonyl (C=O) groups is 4. The van der Waals surface area contributed by atoms with E-state index in [1.54, 1.807) is 59.7 Å². The summed E-state index contributed by atoms with van der Waals surface area (Å²) < 4.78 is 28.5. The largest absolute Gasteiger partial charge is 0.460 e. The summed E-state index contributed by atoms with van der Waals surface area (Å²) in [6, 6.07) is 5.80. The van der Waals surface area contributed by atoms with Gasteiger partial charge >= 0.3 is 12.1 Å². The number of alkyl carbamates (subject to hydrolysis) is 1. The van der Waals surface area contributed by atoms with Gasteiger partial charge < -0.3 is 20.1 Å². The Morgan fingerprint density at radius 1 is 1.05 bits per heavy atom. The first-order valence-electron chi connectivity index (χ1n) is 12.5. The highest BCUT2D eigenvalue weighted by atomic mass is 32.2. The van der Waals surface area contributed by atoms with Crippen LogP contribution in [0.25, 0.3) is 0 Å². The average molecular weight is 552 g/mol. The van der Waals surface area contributed by atoms with Crippen LogP contribution in [-0.2, 0) is 33.6 Å². The first-order valence-corrected chi connectivity index (χ1v) is 14.2. The van der Waals surface area contributed by atoms with Crippen LogP contribution < -0.4 is 10.6 Å². The lowest BCUT2D eigenvalue weighted by molar-refractivity contribution is -0.147. The van der Waals surface area contributed by atoms with E-state index in [1.807, 2.05) is 6.92 Å². The van der Waals surface area contributed by atoms with Gasteiger partial charge in [0.05, 0.1) is 9.73 Å². The lowest BCUT2D eigenvalue weighted by atomic mass is 9.99. The van der Waals surface area contributed by atoms with Gasteiger partial charge in [0.15, 0.2) is 0 Å². The van der Waals surface area contributed by atoms with Crippen LogP contribution in [0.1, 0.15) is 54.9 Å². The minimum absolute atomic E-state index is 0.0236. The number of carbonyl (C=O) groups excluding carboxylic acids is 4. The van der Waals surface area contributed by atoms with Crippen molar-refractivity contribution in [3.05, 3.63) is 43.0 Å². The van der Waals surface area contributed by atoms with E-state index in [-0.39, 0.29) is 23.3 Å². The fourth-order valence-electron chi connectivity index (χ4n) is 3.24. The Kier molecular flexibility index (Phi) is 12.7. The normalized spacial score (nSPS) is 15.3. The third-order valence-corrected chi connectivity index (χ3v) is 7.54. The van der Waals surface area contributed by atoms with E-state index in [2.05, 4.69) is 21.6 Å². The van der Waals surface area contributed by atoms with E-state index in [0.29, 0.717) is 6.42 Å². The molecule has 10 nitrogen and oxygen atoms in total. The summed E-state index contributed by atoms with van der Waals surface area (Å²) in [6.07, 6.45) is 1.11. The first kappa shape index (κ1) is 32.8. The lowest BCUT2D eigenvalue weighted by Crippen LogP contribution is -2.48. The molecule has 0 aliphatic rings. The van der Waals surface area contributed by atoms with Crippen molar-refractivity contribution in [1.29, 1.82) is 0 Å². The maximum atomic E-state index is 14.1. The van der Waals surface area contributed by atoms with Crippen LogP contribution in [0.5, 0.6) is 0 Å². The number of rotatable bonds is 12. The summed E-state index contributed by atoms with van der Waals surface area (Å²) in [6.45, 7) is 15.6. The van der Waals surface area contributed by atoms with Crippen molar-refractivity contribution in [3.63, 3.8) is 0 Å². The fraction of sp³-hybridized carbons (Fsp3) is 0.556. The molecule has 0 aliphatic carbocycles. The van der Waals surface area contributed by atoms with Gasteiger partial charge in [0.2, 0.25) is 5.91 Å². The molecule has 4 atom stereocenters. The molecule has 212 valence electrons. The highest BCUT2D eigenvalue weighted by Gasteiger charge is 2.32. The summed E-state index contributed by atoms with van der Waals surface area (Å²) in [7, 11) is -3.63. The Morgan fingerprint density at radius 3 is 2.16 bits per heavy atom. The highest BCUT2D eigenvalue weighted by Crippen LogP contribution is 2.18. The summed E-state index contributed by atoms with van der Waals surface area (Å²) in [5, 5.41) is 5.09. The molecular formula is C27H41N3O7S. The van der Waals surface area contributed by atoms with Crippen molar-refractivity contribution in [2.45, 2.75) is 77.5 Å². The topological polar surface area (TPSA) is 140 Å². The van der Waals surface area contributed by atoms with Gasteiger partial charge in [-0.3, -0.25) is 9.59 Å². The molecule has 11 heteroatoms. The number of nitrogens with zero attached hydrogens (tertiary/aromatic N) is 1. The van der Waals surface area contributed by atoms with Crippen molar-refractivity contribution < 1.29 is 32.9 Å². The zero-order chi connectivity index (χ0) is 29.1. The lowest BCUT2D eigenvalue weighted by Gasteiger charge is -2.25. The maximum Gasteiger partial charge on any atom is 0.408 e. The average Bonchev–Trinajstić information content (AvgIpc) is 2.82. The number of amides is 3. The number of hydrogen-bond donors (Lipinski definition) is 2. The SMILES string of the molecule is C=CCOC(=O)[C@@H](NC(=O)CS(=O)(=NC(=O)[C@@H](NC(=O)OC(C)(C)C)[C@@H](C)CC)c1ccccc1)C(C)C. The van der Waals surface area contributed by atoms with Crippen LogP contribution in [0, 0.1) is 11.8 Å². The minimum atomic E-state index is -3.63. The third-order valence-electron chi connectivity index (χ3n) is 5.41. The number of esters is 1. The molecule has 0 aromatic heterocycles. The number of benzene rings is 1. The Bertz CT molecular complexity index is 1100. The van der Waals surface area contributed by atoms with Crippen LogP contribution in [0.15, 0.2) is 52.2 Å². The molecule has 0 bridgehead atoms. The Morgan fingerprint density at radius 2 is 1.66 bits per heavy atom. The molecule has 0 fully saturated rings. The molecule has 1 aromatic carbocycles. The van der Waals surface area contributed by atoms with Crippen molar-refractivity contribution in [1.82, 2.24) is 10.6 Å². The number of hydrogen-bond acceptors (Lipinski definition) is 7. The molecular weight excluding hydrogens is 510 g/mol. The van der Waals surface area contributed by atoms with Crippen LogP contribution in [0.3, 0.4) is 0 Å². The molecule has 3 amide bonds. The zero-order valence-electron chi connectivity index (χ0n) is 23.3. The van der Waals surface area contributed by atoms with Gasteiger partial charge in [-0.15, -0.1) is 0 Å². The number of ether oxygens (including phenoxy) is 2. The molecule has 1 aromatic rings. The molecule has 0 aliphatic heterocycles. The summed E-state index contributed by atoms with van der Waals surface area (Å²) in [4.78, 5) is 51.4. The minimum Gasteiger partial charge on any atom is -0.460 e. The summed E-state index contributed by atoms with van der Waals surface area (Å²) >= 11 is 0. The van der Waals surface area contributed by atoms with E-state index < -0.39 is 57.0 Å². The van der Waals surface area contributed by atoms with E-state index >= 15 is 0 Å². The number of nitrogens with one attached hydrogen (secondary N) is 2. The Labute approximate surface area is 226 Å². The fourth-order valence-corrected chi connectivity index (χ4v) is 5.00. The maximum absolute atomic E-state index is 14.1. The third kappa shape index (κ3) is 10.6. The van der Waals surface area contributed by atoms with Crippen molar-refractivity contribution in [2.75, 3.05) is 12.4 Å². The molecule has 2 N–H and O–H groups in total. The smallest absolute Gasteiger partial charge is 0.408 e. The van der Waals surface area contributed by atoms with Crippen LogP contribution in [0.2, 0.25) is 0 Å². The van der Waals surface area contributed by atoms with Gasteiger partial charge in [-0.25, -0.2) is 13.8 Å². The molecule has 0 saturated carbocycles. The van der Waals surface area contributed by atoms with Crippen molar-refractivity contribution in [3.8, 4) is 0 Å². The predicted octanol–water partition coefficient (Wildman–Crippen LogP) is 3.85. The molecule has 38 heavy (non-hydrogen) atoms. The van der Waals surface area contributed by atoms with Crippen LogP contribution in [0.4, 0.5) is 4.79 Å². The van der Waals surface area contributed by atoms with Crippen molar-refractivity contribution in [2.24, 2.45) is 16.2 Å². The molecule has 0 radical (unpaired) electrons. The van der Waals surface area contributed by atoms with Gasteiger partial charge in [0.1, 0.15) is 30.0 Å². The van der Waals surface area contributed by atoms with Gasteiger partial charge in [-0.1, -0.05) is 65.0 Å². The van der Waals surface area contributed by atoms with E-state index in [0.717, 1.165) is 0 Å². The molecule has 0 heterocycles. The molecule has 0 saturated heterocycles. The second-order valence-electron chi connectivity index (χ2n) is 10.2. The molecule has 1 unspecified atom stereocenters. The van der Waals surface area contributed by atoms with Crippen LogP contribution >= 0.6 is 0 Å². The predicted molar refractivity (Wildman–Crippen MR) is 146 cm³/mol. The van der Waals surface area contributed by atoms with E-state index in [9.17, 15) is 23.4 Å². The van der Waals surface area contributed by atoms with E-state index in [1.165, 1.54) is 18.2 Å². The standard InChI is InChI=1S/C27H41N3O7S/c1-9-16-36-25(33)22(18(3)4)28-21(31)17-38(35,20-14-12-11-13-15-20)30-24(32)23(19(5)10-2)29-26(34)37-27(6,7)8/h9,11-15,18-19,22-23H,1,10,16-17H2,2-8H3,(H,28,31)(H,29,34)/t19-,22-,23-,38?/m0/s1. The second kappa shape index (κ2) is 14.7. The van der Waals surface area contributed by atoms with Gasteiger partial charge in [-0.05, 0) is 44.7 Å². The Hall–Kier alpha value is -3.21. The highest BCUT2D eigenvalue weighted by molar-refractivity contribution is 7.94. The van der Waals surface area contributed by atoms with Gasteiger partial charge in [-0.2, -0.15) is 4.36 Å².